The van der Waals surface area contributed by atoms with E-state index in [9.17, 15) is 10.4 Å². The summed E-state index contributed by atoms with van der Waals surface area (Å²) in [5.41, 5.74) is 12.8. The molecule has 0 atom stereocenters. The molecule has 0 spiro atoms. The first kappa shape index (κ1) is 29.2. The number of aromatic amines is 2. The maximum absolute atomic E-state index is 14.7. The maximum atomic E-state index is 14.7. The van der Waals surface area contributed by atoms with Gasteiger partial charge < -0.3 is 20.4 Å². The van der Waals surface area contributed by atoms with Crippen molar-refractivity contribution in [2.75, 3.05) is 0 Å². The van der Waals surface area contributed by atoms with Gasteiger partial charge in [-0.2, -0.15) is 9.46 Å². The van der Waals surface area contributed by atoms with E-state index in [4.69, 9.17) is 4.98 Å². The standard InChI is InChI=1S/C43H29N5O2/c49-47-26-24-31(25-27-47)43-37-21-19-35(46-37)41(29-12-6-2-7-13-29)33-17-16-32(44-33)40(28-10-4-1-5-11-28)34-18-20-36(45-34)42(30-14-8-3-9-15-30)38-22-23-39(43)48(38)50/h1-27,45-46H. The first-order valence-corrected chi connectivity index (χ1v) is 16.4. The summed E-state index contributed by atoms with van der Waals surface area (Å²) in [6, 6.07) is 42.0. The third-order valence-corrected chi connectivity index (χ3v) is 9.23. The zero-order valence-corrected chi connectivity index (χ0v) is 26.7. The third kappa shape index (κ3) is 4.96. The average molecular weight is 648 g/mol. The summed E-state index contributed by atoms with van der Waals surface area (Å²) in [6.07, 6.45) is 10.8. The molecule has 50 heavy (non-hydrogen) atoms. The van der Waals surface area contributed by atoms with E-state index in [0.717, 1.165) is 81.9 Å². The Kier molecular flexibility index (Phi) is 6.95. The molecule has 6 heterocycles. The average Bonchev–Trinajstić information content (AvgIpc) is 3.99. The number of nitrogens with zero attached hydrogens (tertiary/aromatic N) is 3. The Balaban J connectivity index is 1.50. The van der Waals surface area contributed by atoms with Gasteiger partial charge in [-0.15, -0.1) is 0 Å². The number of H-pyrrole nitrogens is 2. The Morgan fingerprint density at radius 1 is 0.400 bits per heavy atom. The van der Waals surface area contributed by atoms with Gasteiger partial charge >= 0.3 is 0 Å². The maximum Gasteiger partial charge on any atom is 0.227 e. The number of rotatable bonds is 4. The van der Waals surface area contributed by atoms with Crippen LogP contribution in [0.25, 0.3) is 90.9 Å². The minimum atomic E-state index is 0.455. The highest BCUT2D eigenvalue weighted by Crippen LogP contribution is 2.37. The lowest BCUT2D eigenvalue weighted by atomic mass is 10.0. The Morgan fingerprint density at radius 2 is 0.760 bits per heavy atom. The van der Waals surface area contributed by atoms with Crippen LogP contribution in [0.3, 0.4) is 0 Å². The number of aromatic nitrogens is 5. The molecule has 2 N–H and O–H groups in total. The predicted octanol–water partition coefficient (Wildman–Crippen LogP) is 9.20. The topological polar surface area (TPSA) is 98.3 Å². The smallest absolute Gasteiger partial charge is 0.227 e. The molecular weight excluding hydrogens is 619 g/mol. The molecule has 3 aromatic carbocycles. The molecule has 0 amide bonds. The summed E-state index contributed by atoms with van der Waals surface area (Å²) in [7, 11) is 0. The third-order valence-electron chi connectivity index (χ3n) is 9.23. The fourth-order valence-corrected chi connectivity index (χ4v) is 6.97. The van der Waals surface area contributed by atoms with E-state index in [2.05, 4.69) is 52.5 Å². The molecule has 7 aromatic rings. The minimum Gasteiger partial charge on any atom is -0.619 e. The van der Waals surface area contributed by atoms with Gasteiger partial charge in [-0.05, 0) is 53.1 Å². The highest BCUT2D eigenvalue weighted by Gasteiger charge is 2.25. The molecule has 238 valence electrons. The fourth-order valence-electron chi connectivity index (χ4n) is 6.97. The first-order chi connectivity index (χ1) is 24.6. The van der Waals surface area contributed by atoms with E-state index < -0.39 is 0 Å². The molecule has 0 fully saturated rings. The van der Waals surface area contributed by atoms with Crippen molar-refractivity contribution in [3.63, 3.8) is 0 Å². The van der Waals surface area contributed by atoms with E-state index >= 15 is 0 Å². The molecule has 4 aromatic heterocycles. The molecule has 9 rings (SSSR count). The summed E-state index contributed by atoms with van der Waals surface area (Å²) in [4.78, 5) is 12.6. The highest BCUT2D eigenvalue weighted by molar-refractivity contribution is 5.99. The van der Waals surface area contributed by atoms with Crippen LogP contribution in [0.2, 0.25) is 0 Å². The van der Waals surface area contributed by atoms with E-state index in [0.29, 0.717) is 17.0 Å². The Bertz CT molecular complexity index is 2640. The van der Waals surface area contributed by atoms with Gasteiger partial charge in [0.2, 0.25) is 11.4 Å². The van der Waals surface area contributed by atoms with E-state index in [1.54, 1.807) is 12.1 Å². The van der Waals surface area contributed by atoms with Gasteiger partial charge in [-0.3, -0.25) is 0 Å². The van der Waals surface area contributed by atoms with E-state index in [-0.39, 0.29) is 0 Å². The monoisotopic (exact) mass is 647 g/mol. The summed E-state index contributed by atoms with van der Waals surface area (Å²) >= 11 is 0. The van der Waals surface area contributed by atoms with Crippen LogP contribution in [0.4, 0.5) is 0 Å². The molecule has 7 nitrogen and oxygen atoms in total. The lowest BCUT2D eigenvalue weighted by molar-refractivity contribution is -0.605. The highest BCUT2D eigenvalue weighted by atomic mass is 16.5. The van der Waals surface area contributed by atoms with Crippen LogP contribution in [-0.2, 0) is 0 Å². The predicted molar refractivity (Wildman–Crippen MR) is 201 cm³/mol. The van der Waals surface area contributed by atoms with Crippen molar-refractivity contribution in [1.82, 2.24) is 15.0 Å². The van der Waals surface area contributed by atoms with Gasteiger partial charge in [0, 0.05) is 52.0 Å². The largest absolute Gasteiger partial charge is 0.619 e. The molecule has 0 unspecified atom stereocenters. The first-order valence-electron chi connectivity index (χ1n) is 16.4. The lowest BCUT2D eigenvalue weighted by Gasteiger charge is -2.08. The molecule has 0 radical (unpaired) electrons. The van der Waals surface area contributed by atoms with Gasteiger partial charge in [0.1, 0.15) is 0 Å². The molecule has 0 saturated carbocycles. The Labute approximate surface area is 287 Å². The van der Waals surface area contributed by atoms with Crippen LogP contribution >= 0.6 is 0 Å². The molecule has 8 bridgehead atoms. The van der Waals surface area contributed by atoms with Gasteiger partial charge in [0.15, 0.2) is 12.4 Å². The molecule has 0 saturated heterocycles. The Hall–Kier alpha value is -6.99. The number of hydrogen-bond donors (Lipinski definition) is 2. The number of pyridine rings is 1. The lowest BCUT2D eigenvalue weighted by Crippen LogP contribution is -2.31. The number of benzene rings is 3. The zero-order valence-electron chi connectivity index (χ0n) is 26.7. The van der Waals surface area contributed by atoms with Gasteiger partial charge in [0.25, 0.3) is 0 Å². The molecule has 2 aliphatic rings. The van der Waals surface area contributed by atoms with E-state index in [1.807, 2.05) is 97.1 Å². The van der Waals surface area contributed by atoms with Crippen molar-refractivity contribution < 1.29 is 9.46 Å². The van der Waals surface area contributed by atoms with Gasteiger partial charge in [-0.1, -0.05) is 91.0 Å². The zero-order chi connectivity index (χ0) is 33.6. The van der Waals surface area contributed by atoms with Crippen LogP contribution in [0.5, 0.6) is 0 Å². The van der Waals surface area contributed by atoms with Gasteiger partial charge in [0.05, 0.1) is 33.5 Å². The summed E-state index contributed by atoms with van der Waals surface area (Å²) in [5, 5.41) is 26.8. The normalized spacial score (nSPS) is 12.0. The van der Waals surface area contributed by atoms with Crippen molar-refractivity contribution in [1.29, 1.82) is 0 Å². The second-order valence-corrected chi connectivity index (χ2v) is 12.2. The second-order valence-electron chi connectivity index (χ2n) is 12.2. The Morgan fingerprint density at radius 3 is 1.18 bits per heavy atom. The van der Waals surface area contributed by atoms with E-state index in [1.165, 1.54) is 12.4 Å². The van der Waals surface area contributed by atoms with Crippen molar-refractivity contribution in [3.05, 3.63) is 173 Å². The quantitative estimate of drug-likeness (QED) is 0.147. The second kappa shape index (κ2) is 11.9. The molecule has 0 aliphatic carbocycles. The number of fused-ring (bicyclic) bond motifs is 8. The SMILES string of the molecule is [O-][n+]1ccc(-c2c3[n+]([O-])c(c(-c4ccccc4)c4ccc([nH]4)c(-c4ccccc4)c4nc(c(-c5ccccc5)c5ccc2[nH]5)C=C4)C=C3)cc1. The van der Waals surface area contributed by atoms with Crippen LogP contribution in [0, 0.1) is 10.4 Å². The summed E-state index contributed by atoms with van der Waals surface area (Å²) < 4.78 is 1.74. The van der Waals surface area contributed by atoms with Crippen molar-refractivity contribution in [2.45, 2.75) is 0 Å². The fraction of sp³-hybridized carbons (Fsp3) is 0. The summed E-state index contributed by atoms with van der Waals surface area (Å²) in [6.45, 7) is 0. The van der Waals surface area contributed by atoms with Crippen molar-refractivity contribution in [2.24, 2.45) is 0 Å². The number of hydrogen-bond acceptors (Lipinski definition) is 3. The minimum absolute atomic E-state index is 0.455. The molecule has 2 aliphatic heterocycles. The summed E-state index contributed by atoms with van der Waals surface area (Å²) in [5.74, 6) is 0. The molecular formula is C43H29N5O2. The van der Waals surface area contributed by atoms with Crippen LogP contribution in [-0.4, -0.2) is 15.0 Å². The van der Waals surface area contributed by atoms with Crippen LogP contribution < -0.4 is 9.46 Å². The van der Waals surface area contributed by atoms with Crippen molar-refractivity contribution in [3.8, 4) is 44.5 Å². The van der Waals surface area contributed by atoms with Gasteiger partial charge in [-0.25, -0.2) is 4.98 Å². The molecule has 7 heteroatoms. The number of nitrogens with one attached hydrogen (secondary N) is 2. The van der Waals surface area contributed by atoms with Crippen LogP contribution in [0.1, 0.15) is 22.8 Å². The van der Waals surface area contributed by atoms with Crippen molar-refractivity contribution >= 4 is 46.4 Å². The van der Waals surface area contributed by atoms with Crippen LogP contribution in [0.15, 0.2) is 140 Å².